The number of piperidine rings is 1. The van der Waals surface area contributed by atoms with Crippen LogP contribution in [0.25, 0.3) is 0 Å². The highest BCUT2D eigenvalue weighted by molar-refractivity contribution is 5.94. The molecule has 0 radical (unpaired) electrons. The van der Waals surface area contributed by atoms with Gasteiger partial charge in [-0.25, -0.2) is 5.10 Å². The second-order valence-electron chi connectivity index (χ2n) is 5.73. The third-order valence-electron chi connectivity index (χ3n) is 4.09. The number of aromatic nitrogens is 2. The quantitative estimate of drug-likeness (QED) is 0.888. The van der Waals surface area contributed by atoms with Crippen molar-refractivity contribution in [1.29, 1.82) is 0 Å². The number of carbonyl (C=O) groups excluding carboxylic acids is 2. The highest BCUT2D eigenvalue weighted by Gasteiger charge is 2.28. The number of nitrogens with one attached hydrogen (secondary N) is 2. The fourth-order valence-corrected chi connectivity index (χ4v) is 2.74. The number of benzene rings is 1. The van der Waals surface area contributed by atoms with Crippen molar-refractivity contribution in [1.82, 2.24) is 15.1 Å². The van der Waals surface area contributed by atoms with E-state index in [1.165, 1.54) is 12.1 Å². The highest BCUT2D eigenvalue weighted by atomic mass is 16.2. The van der Waals surface area contributed by atoms with Crippen LogP contribution < -0.4 is 10.9 Å². The molecule has 2 N–H and O–H groups in total. The Morgan fingerprint density at radius 2 is 1.79 bits per heavy atom. The Kier molecular flexibility index (Phi) is 4.69. The van der Waals surface area contributed by atoms with Gasteiger partial charge in [0.2, 0.25) is 5.91 Å². The molecule has 24 heavy (non-hydrogen) atoms. The largest absolute Gasteiger partial charge is 0.337 e. The van der Waals surface area contributed by atoms with Crippen molar-refractivity contribution >= 4 is 17.5 Å². The van der Waals surface area contributed by atoms with Gasteiger partial charge in [-0.3, -0.25) is 14.4 Å². The minimum atomic E-state index is -0.345. The SMILES string of the molecule is O=C(Nc1ccccc1)C1CCN(C(=O)c2ccc(=O)[nH]n2)CC1. The van der Waals surface area contributed by atoms with Crippen LogP contribution in [0.1, 0.15) is 23.3 Å². The summed E-state index contributed by atoms with van der Waals surface area (Å²) in [5.74, 6) is -0.360. The van der Waals surface area contributed by atoms with E-state index in [2.05, 4.69) is 15.5 Å². The van der Waals surface area contributed by atoms with E-state index in [4.69, 9.17) is 0 Å². The number of amides is 2. The number of hydrogen-bond donors (Lipinski definition) is 2. The van der Waals surface area contributed by atoms with Crippen molar-refractivity contribution < 1.29 is 9.59 Å². The zero-order valence-electron chi connectivity index (χ0n) is 13.1. The standard InChI is InChI=1S/C17H18N4O3/c22-15-7-6-14(19-20-15)17(24)21-10-8-12(9-11-21)16(23)18-13-4-2-1-3-5-13/h1-7,12H,8-11H2,(H,18,23)(H,20,22). The Morgan fingerprint density at radius 1 is 1.08 bits per heavy atom. The van der Waals surface area contributed by atoms with Crippen LogP contribution >= 0.6 is 0 Å². The third-order valence-corrected chi connectivity index (χ3v) is 4.09. The molecule has 124 valence electrons. The van der Waals surface area contributed by atoms with E-state index in [0.717, 1.165) is 5.69 Å². The van der Waals surface area contributed by atoms with Crippen LogP contribution in [0, 0.1) is 5.92 Å². The van der Waals surface area contributed by atoms with Gasteiger partial charge in [0.15, 0.2) is 0 Å². The average molecular weight is 326 g/mol. The van der Waals surface area contributed by atoms with Gasteiger partial charge in [0.05, 0.1) is 0 Å². The molecule has 2 aromatic rings. The molecule has 7 heteroatoms. The van der Waals surface area contributed by atoms with E-state index in [0.29, 0.717) is 25.9 Å². The van der Waals surface area contributed by atoms with Crippen molar-refractivity contribution in [2.45, 2.75) is 12.8 Å². The summed E-state index contributed by atoms with van der Waals surface area (Å²) in [5, 5.41) is 8.91. The summed E-state index contributed by atoms with van der Waals surface area (Å²) in [7, 11) is 0. The molecule has 0 aliphatic carbocycles. The molecule has 1 aromatic heterocycles. The van der Waals surface area contributed by atoms with E-state index < -0.39 is 0 Å². The first-order valence-corrected chi connectivity index (χ1v) is 7.84. The summed E-state index contributed by atoms with van der Waals surface area (Å²) in [4.78, 5) is 37.3. The Balaban J connectivity index is 1.55. The first kappa shape index (κ1) is 15.9. The van der Waals surface area contributed by atoms with Gasteiger partial charge in [-0.05, 0) is 31.0 Å². The lowest BCUT2D eigenvalue weighted by Gasteiger charge is -2.31. The van der Waals surface area contributed by atoms with Crippen LogP contribution in [-0.2, 0) is 4.79 Å². The molecule has 1 aromatic carbocycles. The molecule has 2 heterocycles. The van der Waals surface area contributed by atoms with E-state index in [9.17, 15) is 14.4 Å². The molecule has 0 atom stereocenters. The van der Waals surface area contributed by atoms with Gasteiger partial charge < -0.3 is 10.2 Å². The van der Waals surface area contributed by atoms with Gasteiger partial charge in [0.1, 0.15) is 5.69 Å². The molecule has 0 spiro atoms. The van der Waals surface area contributed by atoms with E-state index in [-0.39, 0.29) is 29.0 Å². The number of aromatic amines is 1. The van der Waals surface area contributed by atoms with Crippen molar-refractivity contribution in [2.24, 2.45) is 5.92 Å². The van der Waals surface area contributed by atoms with Gasteiger partial charge in [-0.15, -0.1) is 0 Å². The van der Waals surface area contributed by atoms with Crippen molar-refractivity contribution in [3.63, 3.8) is 0 Å². The predicted octanol–water partition coefficient (Wildman–Crippen LogP) is 1.26. The lowest BCUT2D eigenvalue weighted by Crippen LogP contribution is -2.42. The lowest BCUT2D eigenvalue weighted by atomic mass is 9.95. The van der Waals surface area contributed by atoms with E-state index >= 15 is 0 Å². The Labute approximate surface area is 138 Å². The second kappa shape index (κ2) is 7.08. The number of para-hydroxylation sites is 1. The number of H-pyrrole nitrogens is 1. The maximum atomic E-state index is 12.3. The van der Waals surface area contributed by atoms with E-state index in [1.807, 2.05) is 30.3 Å². The van der Waals surface area contributed by atoms with Crippen LogP contribution in [0.4, 0.5) is 5.69 Å². The summed E-state index contributed by atoms with van der Waals surface area (Å²) >= 11 is 0. The molecule has 3 rings (SSSR count). The maximum absolute atomic E-state index is 12.3. The fourth-order valence-electron chi connectivity index (χ4n) is 2.74. The van der Waals surface area contributed by atoms with Gasteiger partial charge in [0, 0.05) is 30.8 Å². The summed E-state index contributed by atoms with van der Waals surface area (Å²) in [5.41, 5.74) is 0.642. The summed E-state index contributed by atoms with van der Waals surface area (Å²) in [6.07, 6.45) is 1.21. The Bertz CT molecular complexity index is 759. The van der Waals surface area contributed by atoms with Crippen molar-refractivity contribution in [2.75, 3.05) is 18.4 Å². The lowest BCUT2D eigenvalue weighted by molar-refractivity contribution is -0.121. The van der Waals surface area contributed by atoms with Crippen LogP contribution in [0.2, 0.25) is 0 Å². The van der Waals surface area contributed by atoms with Gasteiger partial charge in [-0.1, -0.05) is 18.2 Å². The molecule has 0 unspecified atom stereocenters. The van der Waals surface area contributed by atoms with Gasteiger partial charge >= 0.3 is 0 Å². The number of carbonyl (C=O) groups is 2. The maximum Gasteiger partial charge on any atom is 0.274 e. The third kappa shape index (κ3) is 3.68. The van der Waals surface area contributed by atoms with Crippen molar-refractivity contribution in [3.8, 4) is 0 Å². The number of hydrogen-bond acceptors (Lipinski definition) is 4. The number of nitrogens with zero attached hydrogens (tertiary/aromatic N) is 2. The molecule has 1 saturated heterocycles. The first-order chi connectivity index (χ1) is 11.6. The molecule has 0 bridgehead atoms. The summed E-state index contributed by atoms with van der Waals surface area (Å²) in [6, 6.07) is 12.0. The minimum absolute atomic E-state index is 0.0181. The van der Waals surface area contributed by atoms with Crippen LogP contribution in [-0.4, -0.2) is 40.0 Å². The molecule has 1 aliphatic rings. The van der Waals surface area contributed by atoms with Crippen LogP contribution in [0.3, 0.4) is 0 Å². The summed E-state index contributed by atoms with van der Waals surface area (Å²) in [6.45, 7) is 0.985. The fraction of sp³-hybridized carbons (Fsp3) is 0.294. The zero-order valence-corrected chi connectivity index (χ0v) is 13.1. The monoisotopic (exact) mass is 326 g/mol. The smallest absolute Gasteiger partial charge is 0.274 e. The summed E-state index contributed by atoms with van der Waals surface area (Å²) < 4.78 is 0. The number of anilines is 1. The molecule has 7 nitrogen and oxygen atoms in total. The molecular formula is C17H18N4O3. The second-order valence-corrected chi connectivity index (χ2v) is 5.73. The predicted molar refractivity (Wildman–Crippen MR) is 88.6 cm³/mol. The van der Waals surface area contributed by atoms with Gasteiger partial charge in [-0.2, -0.15) is 5.10 Å². The van der Waals surface area contributed by atoms with Crippen LogP contribution in [0.5, 0.6) is 0 Å². The average Bonchev–Trinajstić information content (AvgIpc) is 2.63. The minimum Gasteiger partial charge on any atom is -0.337 e. The normalized spacial score (nSPS) is 15.1. The molecule has 1 aliphatic heterocycles. The molecular weight excluding hydrogens is 308 g/mol. The molecule has 2 amide bonds. The van der Waals surface area contributed by atoms with E-state index in [1.54, 1.807) is 4.90 Å². The van der Waals surface area contributed by atoms with Crippen molar-refractivity contribution in [3.05, 3.63) is 58.5 Å². The first-order valence-electron chi connectivity index (χ1n) is 7.84. The highest BCUT2D eigenvalue weighted by Crippen LogP contribution is 2.20. The van der Waals surface area contributed by atoms with Crippen LogP contribution in [0.15, 0.2) is 47.3 Å². The molecule has 1 fully saturated rings. The Morgan fingerprint density at radius 3 is 2.42 bits per heavy atom. The number of likely N-dealkylation sites (tertiary alicyclic amines) is 1. The topological polar surface area (TPSA) is 95.2 Å². The molecule has 0 saturated carbocycles. The van der Waals surface area contributed by atoms with Gasteiger partial charge in [0.25, 0.3) is 11.5 Å². The Hall–Kier alpha value is -2.96. The zero-order chi connectivity index (χ0) is 16.9. The number of rotatable bonds is 3.